The summed E-state index contributed by atoms with van der Waals surface area (Å²) in [6.45, 7) is 13.2. The molecule has 0 aromatic carbocycles. The highest BCUT2D eigenvalue weighted by Gasteiger charge is 2.61. The first-order valence-electron chi connectivity index (χ1n) is 9.36. The van der Waals surface area contributed by atoms with Gasteiger partial charge in [0.15, 0.2) is 4.77 Å². The molecule has 1 saturated heterocycles. The summed E-state index contributed by atoms with van der Waals surface area (Å²) in [5, 5.41) is 7.34. The number of aromatic amines is 1. The van der Waals surface area contributed by atoms with Crippen molar-refractivity contribution in [2.24, 2.45) is 17.3 Å². The third-order valence-electron chi connectivity index (χ3n) is 5.97. The van der Waals surface area contributed by atoms with Crippen LogP contribution in [0.3, 0.4) is 0 Å². The molecule has 1 aliphatic carbocycles. The minimum Gasteiger partial charge on any atom is -0.342 e. The van der Waals surface area contributed by atoms with Gasteiger partial charge in [0.05, 0.1) is 5.92 Å². The Kier molecular flexibility index (Phi) is 4.93. The summed E-state index contributed by atoms with van der Waals surface area (Å²) in [5.74, 6) is 2.30. The highest BCUT2D eigenvalue weighted by Crippen LogP contribution is 2.60. The molecular weight excluding hydrogens is 332 g/mol. The average Bonchev–Trinajstić information content (AvgIpc) is 2.90. The number of H-pyrrole nitrogens is 1. The molecule has 3 rings (SSSR count). The van der Waals surface area contributed by atoms with E-state index in [-0.39, 0.29) is 11.3 Å². The molecule has 5 nitrogen and oxygen atoms in total. The van der Waals surface area contributed by atoms with Crippen LogP contribution >= 0.6 is 12.2 Å². The summed E-state index contributed by atoms with van der Waals surface area (Å²) >= 11 is 5.30. The van der Waals surface area contributed by atoms with Gasteiger partial charge in [-0.25, -0.2) is 0 Å². The Morgan fingerprint density at radius 2 is 2.00 bits per heavy atom. The van der Waals surface area contributed by atoms with Gasteiger partial charge in [0.2, 0.25) is 5.91 Å². The first-order chi connectivity index (χ1) is 11.8. The second-order valence-corrected chi connectivity index (χ2v) is 8.69. The summed E-state index contributed by atoms with van der Waals surface area (Å²) in [6.07, 6.45) is 4.20. The fourth-order valence-corrected chi connectivity index (χ4v) is 4.59. The molecule has 0 radical (unpaired) electrons. The highest BCUT2D eigenvalue weighted by atomic mass is 32.1. The molecule has 6 heteroatoms. The van der Waals surface area contributed by atoms with E-state index in [1.54, 1.807) is 0 Å². The summed E-state index contributed by atoms with van der Waals surface area (Å²) in [5.41, 5.74) is 1.39. The molecular formula is C19H30N4OS. The summed E-state index contributed by atoms with van der Waals surface area (Å²) in [7, 11) is 0. The largest absolute Gasteiger partial charge is 0.342 e. The van der Waals surface area contributed by atoms with Crippen molar-refractivity contribution >= 4 is 18.1 Å². The highest BCUT2D eigenvalue weighted by molar-refractivity contribution is 7.71. The molecule has 1 amide bonds. The first-order valence-corrected chi connectivity index (χ1v) is 9.77. The maximum absolute atomic E-state index is 13.0. The molecule has 25 heavy (non-hydrogen) atoms. The van der Waals surface area contributed by atoms with Gasteiger partial charge in [-0.1, -0.05) is 25.5 Å². The molecule has 0 bridgehead atoms. The van der Waals surface area contributed by atoms with Gasteiger partial charge in [-0.05, 0) is 57.2 Å². The molecule has 0 spiro atoms. The lowest BCUT2D eigenvalue weighted by Gasteiger charge is -2.32. The molecule has 0 unspecified atom stereocenters. The van der Waals surface area contributed by atoms with Crippen molar-refractivity contribution in [3.05, 3.63) is 22.2 Å². The van der Waals surface area contributed by atoms with Crippen molar-refractivity contribution in [3.8, 4) is 0 Å². The lowest BCUT2D eigenvalue weighted by atomic mass is 9.95. The number of piperidine rings is 1. The standard InChI is InChI=1S/C19H30N4OS/c1-6-23-16(20-21-18(23)25)13-7-9-22(10-8-13)17(24)15-14(11-12(2)3)19(15,4)5/h11,13-15H,6-10H2,1-5H3,(H,21,25)/t14-,15+/m1/s1. The minimum atomic E-state index is 0.0931. The Hall–Kier alpha value is -1.43. The van der Waals surface area contributed by atoms with Gasteiger partial charge in [0, 0.05) is 25.6 Å². The summed E-state index contributed by atoms with van der Waals surface area (Å²) < 4.78 is 2.77. The number of rotatable bonds is 4. The fourth-order valence-electron chi connectivity index (χ4n) is 4.32. The van der Waals surface area contributed by atoms with E-state index in [1.807, 2.05) is 0 Å². The van der Waals surface area contributed by atoms with E-state index in [0.29, 0.717) is 22.5 Å². The zero-order valence-corrected chi connectivity index (χ0v) is 16.8. The predicted molar refractivity (Wildman–Crippen MR) is 102 cm³/mol. The van der Waals surface area contributed by atoms with Crippen LogP contribution in [0.15, 0.2) is 11.6 Å². The second-order valence-electron chi connectivity index (χ2n) is 8.30. The fraction of sp³-hybridized carbons (Fsp3) is 0.737. The number of likely N-dealkylation sites (tertiary alicyclic amines) is 1. The Bertz CT molecular complexity index is 733. The topological polar surface area (TPSA) is 53.9 Å². The molecule has 1 aromatic rings. The van der Waals surface area contributed by atoms with Crippen LogP contribution in [-0.4, -0.2) is 38.7 Å². The van der Waals surface area contributed by atoms with Crippen LogP contribution in [0.25, 0.3) is 0 Å². The number of hydrogen-bond acceptors (Lipinski definition) is 3. The molecule has 2 fully saturated rings. The van der Waals surface area contributed by atoms with E-state index < -0.39 is 0 Å². The predicted octanol–water partition coefficient (Wildman–Crippen LogP) is 3.90. The van der Waals surface area contributed by atoms with Crippen LogP contribution in [0.5, 0.6) is 0 Å². The van der Waals surface area contributed by atoms with Crippen molar-refractivity contribution < 1.29 is 4.79 Å². The van der Waals surface area contributed by atoms with Crippen molar-refractivity contribution in [1.82, 2.24) is 19.7 Å². The van der Waals surface area contributed by atoms with Crippen molar-refractivity contribution in [2.45, 2.75) is 59.9 Å². The SMILES string of the molecule is CCn1c(C2CCN(C(=O)[C@@H]3[C@@H](C=C(C)C)C3(C)C)CC2)n[nH]c1=S. The molecule has 138 valence electrons. The van der Waals surface area contributed by atoms with Gasteiger partial charge in [0.1, 0.15) is 5.82 Å². The van der Waals surface area contributed by atoms with Gasteiger partial charge in [-0.2, -0.15) is 5.10 Å². The maximum Gasteiger partial charge on any atom is 0.226 e. The Balaban J connectivity index is 1.64. The minimum absolute atomic E-state index is 0.0931. The molecule has 1 saturated carbocycles. The smallest absolute Gasteiger partial charge is 0.226 e. The molecule has 1 aliphatic heterocycles. The van der Waals surface area contributed by atoms with E-state index in [4.69, 9.17) is 12.2 Å². The molecule has 1 aromatic heterocycles. The number of carbonyl (C=O) groups excluding carboxylic acids is 1. The van der Waals surface area contributed by atoms with Crippen molar-refractivity contribution in [1.29, 1.82) is 0 Å². The Labute approximate surface area is 155 Å². The van der Waals surface area contributed by atoms with Crippen molar-refractivity contribution in [3.63, 3.8) is 0 Å². The Morgan fingerprint density at radius 3 is 2.56 bits per heavy atom. The van der Waals surface area contributed by atoms with Gasteiger partial charge in [0.25, 0.3) is 0 Å². The quantitative estimate of drug-likeness (QED) is 0.653. The van der Waals surface area contributed by atoms with Crippen LogP contribution < -0.4 is 0 Å². The molecule has 1 N–H and O–H groups in total. The summed E-state index contributed by atoms with van der Waals surface area (Å²) in [4.78, 5) is 15.1. The van der Waals surface area contributed by atoms with Gasteiger partial charge in [-0.3, -0.25) is 9.89 Å². The lowest BCUT2D eigenvalue weighted by molar-refractivity contribution is -0.134. The van der Waals surface area contributed by atoms with Crippen LogP contribution in [0, 0.1) is 22.0 Å². The number of allylic oxidation sites excluding steroid dienone is 2. The third-order valence-corrected chi connectivity index (χ3v) is 6.28. The number of aromatic nitrogens is 3. The van der Waals surface area contributed by atoms with Gasteiger partial charge < -0.3 is 9.47 Å². The normalized spacial score (nSPS) is 25.7. The number of hydrogen-bond donors (Lipinski definition) is 1. The van der Waals surface area contributed by atoms with Gasteiger partial charge in [-0.15, -0.1) is 0 Å². The van der Waals surface area contributed by atoms with E-state index in [2.05, 4.69) is 60.4 Å². The third kappa shape index (κ3) is 3.33. The van der Waals surface area contributed by atoms with Crippen LogP contribution in [0.2, 0.25) is 0 Å². The Morgan fingerprint density at radius 1 is 1.36 bits per heavy atom. The van der Waals surface area contributed by atoms with Crippen molar-refractivity contribution in [2.75, 3.05) is 13.1 Å². The molecule has 2 atom stereocenters. The zero-order chi connectivity index (χ0) is 18.4. The lowest BCUT2D eigenvalue weighted by Crippen LogP contribution is -2.40. The van der Waals surface area contributed by atoms with Crippen LogP contribution in [0.1, 0.15) is 59.2 Å². The average molecular weight is 363 g/mol. The molecule has 2 heterocycles. The maximum atomic E-state index is 13.0. The molecule has 2 aliphatic rings. The van der Waals surface area contributed by atoms with E-state index in [1.165, 1.54) is 5.57 Å². The zero-order valence-electron chi connectivity index (χ0n) is 16.0. The first kappa shape index (κ1) is 18.4. The number of nitrogens with one attached hydrogen (secondary N) is 1. The monoisotopic (exact) mass is 362 g/mol. The number of carbonyl (C=O) groups is 1. The van der Waals surface area contributed by atoms with E-state index in [0.717, 1.165) is 38.3 Å². The number of nitrogens with zero attached hydrogens (tertiary/aromatic N) is 3. The van der Waals surface area contributed by atoms with E-state index >= 15 is 0 Å². The summed E-state index contributed by atoms with van der Waals surface area (Å²) in [6, 6.07) is 0. The van der Waals surface area contributed by atoms with Crippen LogP contribution in [0.4, 0.5) is 0 Å². The second kappa shape index (κ2) is 6.71. The van der Waals surface area contributed by atoms with Gasteiger partial charge >= 0.3 is 0 Å². The van der Waals surface area contributed by atoms with E-state index in [9.17, 15) is 4.79 Å². The number of amides is 1. The van der Waals surface area contributed by atoms with Crippen LogP contribution in [-0.2, 0) is 11.3 Å².